The van der Waals surface area contributed by atoms with Gasteiger partial charge in [-0.3, -0.25) is 18.2 Å². The highest BCUT2D eigenvalue weighted by Crippen LogP contribution is 2.25. The summed E-state index contributed by atoms with van der Waals surface area (Å²) in [7, 11) is -8.53. The summed E-state index contributed by atoms with van der Waals surface area (Å²) in [4.78, 5) is 25.7. The van der Waals surface area contributed by atoms with Gasteiger partial charge in [0.05, 0.1) is 21.2 Å². The van der Waals surface area contributed by atoms with E-state index in [4.69, 9.17) is 0 Å². The Balaban J connectivity index is 1.44. The minimum absolute atomic E-state index is 0.113. The normalized spacial score (nSPS) is 12.2. The Morgan fingerprint density at radius 1 is 0.617 bits per heavy atom. The van der Waals surface area contributed by atoms with Gasteiger partial charge in [0, 0.05) is 12.6 Å². The van der Waals surface area contributed by atoms with E-state index in [0.717, 1.165) is 68.3 Å². The third-order valence-corrected chi connectivity index (χ3v) is 10.6. The number of amides is 2. The van der Waals surface area contributed by atoms with Crippen LogP contribution >= 0.6 is 0 Å². The summed E-state index contributed by atoms with van der Waals surface area (Å²) in [5, 5.41) is 5.24. The third-order valence-electron chi connectivity index (χ3n) is 7.03. The van der Waals surface area contributed by atoms with Gasteiger partial charge in [0.2, 0.25) is 11.8 Å². The predicted molar refractivity (Wildman–Crippen MR) is 175 cm³/mol. The van der Waals surface area contributed by atoms with Crippen molar-refractivity contribution in [3.63, 3.8) is 0 Å². The second-order valence-corrected chi connectivity index (χ2v) is 14.6. The van der Waals surface area contributed by atoms with Crippen molar-refractivity contribution >= 4 is 43.2 Å². The lowest BCUT2D eigenvalue weighted by molar-refractivity contribution is -0.122. The number of rotatable bonds is 13. The molecule has 4 rings (SSSR count). The van der Waals surface area contributed by atoms with Crippen LogP contribution in [0.25, 0.3) is 0 Å². The number of carbonyl (C=O) groups excluding carboxylic acids is 2. The molecule has 0 saturated carbocycles. The molecule has 248 valence electrons. The van der Waals surface area contributed by atoms with Crippen LogP contribution in [-0.2, 0) is 29.6 Å². The summed E-state index contributed by atoms with van der Waals surface area (Å²) in [6.45, 7) is 3.89. The molecule has 2 N–H and O–H groups in total. The van der Waals surface area contributed by atoms with E-state index in [1.54, 1.807) is 55.5 Å². The quantitative estimate of drug-likeness (QED) is 0.216. The van der Waals surface area contributed by atoms with Crippen molar-refractivity contribution in [3.05, 3.63) is 120 Å². The van der Waals surface area contributed by atoms with E-state index in [1.807, 2.05) is 13.8 Å². The van der Waals surface area contributed by atoms with Crippen LogP contribution in [0.4, 0.5) is 20.2 Å². The van der Waals surface area contributed by atoms with E-state index in [0.29, 0.717) is 0 Å². The predicted octanol–water partition coefficient (Wildman–Crippen LogP) is 4.29. The zero-order chi connectivity index (χ0) is 34.4. The molecule has 0 bridgehead atoms. The minimum Gasteiger partial charge on any atom is -0.352 e. The first-order valence-electron chi connectivity index (χ1n) is 14.4. The third kappa shape index (κ3) is 8.92. The molecule has 0 aliphatic heterocycles. The Bertz CT molecular complexity index is 1920. The zero-order valence-electron chi connectivity index (χ0n) is 25.9. The summed E-state index contributed by atoms with van der Waals surface area (Å²) >= 11 is 0. The number of halogens is 2. The number of nitrogens with zero attached hydrogens (tertiary/aromatic N) is 2. The van der Waals surface area contributed by atoms with Crippen LogP contribution in [0.2, 0.25) is 0 Å². The number of hydrogen-bond donors (Lipinski definition) is 2. The van der Waals surface area contributed by atoms with Crippen LogP contribution in [0.15, 0.2) is 107 Å². The van der Waals surface area contributed by atoms with Gasteiger partial charge < -0.3 is 10.6 Å². The molecule has 1 unspecified atom stereocenters. The van der Waals surface area contributed by atoms with Gasteiger partial charge in [0.25, 0.3) is 20.0 Å². The maximum Gasteiger partial charge on any atom is 0.264 e. The Labute approximate surface area is 273 Å². The molecular formula is C33H34F2N4O6S2. The van der Waals surface area contributed by atoms with Crippen molar-refractivity contribution in [1.82, 2.24) is 10.6 Å². The molecule has 4 aromatic carbocycles. The van der Waals surface area contributed by atoms with Gasteiger partial charge in [0.15, 0.2) is 0 Å². The average molecular weight is 685 g/mol. The van der Waals surface area contributed by atoms with Crippen LogP contribution in [-0.4, -0.2) is 54.3 Å². The van der Waals surface area contributed by atoms with E-state index in [1.165, 1.54) is 0 Å². The number of hydrogen-bond acceptors (Lipinski definition) is 6. The lowest BCUT2D eigenvalue weighted by Crippen LogP contribution is -2.48. The molecular weight excluding hydrogens is 651 g/mol. The summed E-state index contributed by atoms with van der Waals surface area (Å²) in [6, 6.07) is 20.7. The molecule has 0 aliphatic carbocycles. The second-order valence-electron chi connectivity index (χ2n) is 10.9. The van der Waals surface area contributed by atoms with Crippen LogP contribution in [0.5, 0.6) is 0 Å². The van der Waals surface area contributed by atoms with Crippen molar-refractivity contribution in [1.29, 1.82) is 0 Å². The number of sulfonamides is 2. The summed E-state index contributed by atoms with van der Waals surface area (Å²) in [6.07, 6.45) is 0. The van der Waals surface area contributed by atoms with E-state index < -0.39 is 62.6 Å². The summed E-state index contributed by atoms with van der Waals surface area (Å²) < 4.78 is 82.8. The Morgan fingerprint density at radius 3 is 1.36 bits per heavy atom. The fourth-order valence-electron chi connectivity index (χ4n) is 4.47. The minimum atomic E-state index is -4.27. The van der Waals surface area contributed by atoms with E-state index in [-0.39, 0.29) is 27.7 Å². The van der Waals surface area contributed by atoms with Crippen LogP contribution in [0.3, 0.4) is 0 Å². The van der Waals surface area contributed by atoms with Crippen molar-refractivity contribution in [3.8, 4) is 0 Å². The average Bonchev–Trinajstić information content (AvgIpc) is 3.03. The van der Waals surface area contributed by atoms with Gasteiger partial charge in [-0.2, -0.15) is 0 Å². The molecule has 1 atom stereocenters. The molecule has 14 heteroatoms. The largest absolute Gasteiger partial charge is 0.352 e. The zero-order valence-corrected chi connectivity index (χ0v) is 27.5. The number of anilines is 2. The molecule has 0 aliphatic rings. The van der Waals surface area contributed by atoms with Gasteiger partial charge in [-0.25, -0.2) is 25.6 Å². The van der Waals surface area contributed by atoms with Gasteiger partial charge in [-0.1, -0.05) is 35.4 Å². The molecule has 4 aromatic rings. The smallest absolute Gasteiger partial charge is 0.264 e. The Morgan fingerprint density at radius 2 is 0.979 bits per heavy atom. The molecule has 0 aromatic heterocycles. The van der Waals surface area contributed by atoms with Crippen molar-refractivity contribution in [2.45, 2.75) is 36.6 Å². The van der Waals surface area contributed by atoms with E-state index >= 15 is 0 Å². The van der Waals surface area contributed by atoms with Gasteiger partial charge in [-0.15, -0.1) is 0 Å². The molecule has 47 heavy (non-hydrogen) atoms. The highest BCUT2D eigenvalue weighted by Gasteiger charge is 2.29. The maximum absolute atomic E-state index is 13.5. The standard InChI is InChI=1S/C33H34F2N4O6S2/c1-23-4-12-28(13-5-23)38(46(42,43)30-16-8-26(34)9-17-30)21-32(40)36-20-25(3)37-33(41)22-39(29-14-6-24(2)7-15-29)47(44,45)31-18-10-27(35)11-19-31/h4-19,25H,20-22H2,1-3H3,(H,36,40)(H,37,41). The monoisotopic (exact) mass is 684 g/mol. The number of benzene rings is 4. The molecule has 2 amide bonds. The molecule has 0 saturated heterocycles. The lowest BCUT2D eigenvalue weighted by atomic mass is 10.2. The van der Waals surface area contributed by atoms with Crippen LogP contribution in [0, 0.1) is 25.5 Å². The van der Waals surface area contributed by atoms with Crippen molar-refractivity contribution < 1.29 is 35.2 Å². The number of carbonyl (C=O) groups is 2. The van der Waals surface area contributed by atoms with Crippen LogP contribution < -0.4 is 19.2 Å². The summed E-state index contributed by atoms with van der Waals surface area (Å²) in [5.74, 6) is -2.60. The lowest BCUT2D eigenvalue weighted by Gasteiger charge is -2.26. The molecule has 0 heterocycles. The summed E-state index contributed by atoms with van der Waals surface area (Å²) in [5.41, 5.74) is 2.17. The topological polar surface area (TPSA) is 133 Å². The second kappa shape index (κ2) is 14.7. The van der Waals surface area contributed by atoms with Gasteiger partial charge >= 0.3 is 0 Å². The fourth-order valence-corrected chi connectivity index (χ4v) is 7.32. The number of aryl methyl sites for hydroxylation is 2. The molecule has 0 fully saturated rings. The van der Waals surface area contributed by atoms with E-state index in [2.05, 4.69) is 10.6 Å². The maximum atomic E-state index is 13.5. The highest BCUT2D eigenvalue weighted by molar-refractivity contribution is 7.93. The first kappa shape index (κ1) is 35.0. The Kier molecular flexibility index (Phi) is 11.0. The first-order chi connectivity index (χ1) is 22.2. The number of nitrogens with one attached hydrogen (secondary N) is 2. The molecule has 10 nitrogen and oxygen atoms in total. The highest BCUT2D eigenvalue weighted by atomic mass is 32.2. The van der Waals surface area contributed by atoms with Gasteiger partial charge in [-0.05, 0) is 93.6 Å². The van der Waals surface area contributed by atoms with E-state index in [9.17, 15) is 35.2 Å². The van der Waals surface area contributed by atoms with Gasteiger partial charge in [0.1, 0.15) is 24.7 Å². The Hall–Kier alpha value is -4.82. The van der Waals surface area contributed by atoms with Crippen LogP contribution in [0.1, 0.15) is 18.1 Å². The molecule has 0 spiro atoms. The molecule has 0 radical (unpaired) electrons. The SMILES string of the molecule is Cc1ccc(N(CC(=O)NCC(C)NC(=O)CN(c2ccc(C)cc2)S(=O)(=O)c2ccc(F)cc2)S(=O)(=O)c2ccc(F)cc2)cc1. The van der Waals surface area contributed by atoms with Crippen molar-refractivity contribution in [2.24, 2.45) is 0 Å². The fraction of sp³-hybridized carbons (Fsp3) is 0.212. The first-order valence-corrected chi connectivity index (χ1v) is 17.3. The van der Waals surface area contributed by atoms with Crippen molar-refractivity contribution in [2.75, 3.05) is 28.2 Å².